The minimum atomic E-state index is -0.0838. The van der Waals surface area contributed by atoms with E-state index in [4.69, 9.17) is 10.5 Å². The molecular weight excluding hydrogens is 320 g/mol. The van der Waals surface area contributed by atoms with Crippen LogP contribution >= 0.6 is 15.9 Å². The lowest BCUT2D eigenvalue weighted by atomic mass is 10.1. The fourth-order valence-corrected chi connectivity index (χ4v) is 2.56. The summed E-state index contributed by atoms with van der Waals surface area (Å²) in [7, 11) is 0. The maximum absolute atomic E-state index is 11.7. The van der Waals surface area contributed by atoms with Crippen LogP contribution in [0.15, 0.2) is 16.6 Å². The number of nitrogens with one attached hydrogen (secondary N) is 1. The summed E-state index contributed by atoms with van der Waals surface area (Å²) in [6, 6.07) is 3.97. The van der Waals surface area contributed by atoms with Crippen LogP contribution in [0.2, 0.25) is 0 Å². The quantitative estimate of drug-likeness (QED) is 0.713. The first-order valence-corrected chi connectivity index (χ1v) is 7.76. The van der Waals surface area contributed by atoms with Crippen molar-refractivity contribution in [2.45, 2.75) is 33.1 Å². The molecule has 0 unspecified atom stereocenters. The molecule has 0 atom stereocenters. The summed E-state index contributed by atoms with van der Waals surface area (Å²) in [4.78, 5) is 11.7. The second kappa shape index (κ2) is 8.97. The van der Waals surface area contributed by atoms with Crippen LogP contribution in [0, 0.1) is 6.92 Å². The third-order valence-corrected chi connectivity index (χ3v) is 3.39. The Morgan fingerprint density at radius 2 is 2.20 bits per heavy atom. The molecule has 4 nitrogen and oxygen atoms in total. The lowest BCUT2D eigenvalue weighted by Crippen LogP contribution is -2.29. The van der Waals surface area contributed by atoms with Crippen LogP contribution in [0.25, 0.3) is 0 Å². The number of amides is 1. The van der Waals surface area contributed by atoms with Crippen molar-refractivity contribution in [1.82, 2.24) is 5.32 Å². The number of hydrogen-bond acceptors (Lipinski definition) is 3. The number of unbranched alkanes of at least 4 members (excludes halogenated alkanes) is 1. The zero-order valence-corrected chi connectivity index (χ0v) is 13.8. The van der Waals surface area contributed by atoms with E-state index in [1.54, 1.807) is 0 Å². The zero-order chi connectivity index (χ0) is 15.0. The van der Waals surface area contributed by atoms with Gasteiger partial charge in [-0.25, -0.2) is 0 Å². The van der Waals surface area contributed by atoms with Gasteiger partial charge >= 0.3 is 0 Å². The van der Waals surface area contributed by atoms with Crippen molar-refractivity contribution in [1.29, 1.82) is 0 Å². The molecule has 0 saturated carbocycles. The highest BCUT2D eigenvalue weighted by atomic mass is 79.9. The van der Waals surface area contributed by atoms with Crippen molar-refractivity contribution >= 4 is 21.8 Å². The Morgan fingerprint density at radius 1 is 1.45 bits per heavy atom. The van der Waals surface area contributed by atoms with Crippen molar-refractivity contribution in [3.05, 3.63) is 27.7 Å². The normalized spacial score (nSPS) is 10.4. The molecule has 1 amide bonds. The fraction of sp³-hybridized carbons (Fsp3) is 0.533. The second-order valence-electron chi connectivity index (χ2n) is 4.74. The SMILES string of the molecule is CCCCNC(=O)COc1c(C)cc(Br)cc1CCN. The van der Waals surface area contributed by atoms with Gasteiger partial charge < -0.3 is 15.8 Å². The van der Waals surface area contributed by atoms with Crippen molar-refractivity contribution in [3.63, 3.8) is 0 Å². The predicted octanol–water partition coefficient (Wildman–Crippen LogP) is 2.55. The molecule has 0 fully saturated rings. The number of benzene rings is 1. The maximum atomic E-state index is 11.7. The van der Waals surface area contributed by atoms with Crippen molar-refractivity contribution < 1.29 is 9.53 Å². The first-order chi connectivity index (χ1) is 9.58. The Kier molecular flexibility index (Phi) is 7.62. The Balaban J connectivity index is 2.64. The Hall–Kier alpha value is -1.07. The highest BCUT2D eigenvalue weighted by Gasteiger charge is 2.10. The predicted molar refractivity (Wildman–Crippen MR) is 85.1 cm³/mol. The molecule has 0 bridgehead atoms. The van der Waals surface area contributed by atoms with Gasteiger partial charge in [-0.3, -0.25) is 4.79 Å². The summed E-state index contributed by atoms with van der Waals surface area (Å²) < 4.78 is 6.68. The van der Waals surface area contributed by atoms with Gasteiger partial charge in [0.25, 0.3) is 5.91 Å². The minimum Gasteiger partial charge on any atom is -0.483 e. The van der Waals surface area contributed by atoms with Gasteiger partial charge in [0.2, 0.25) is 0 Å². The van der Waals surface area contributed by atoms with E-state index >= 15 is 0 Å². The standard InChI is InChI=1S/C15H23BrN2O2/c1-3-4-7-18-14(19)10-20-15-11(2)8-13(16)9-12(15)5-6-17/h8-9H,3-7,10,17H2,1-2H3,(H,18,19). The first kappa shape index (κ1) is 17.0. The number of rotatable bonds is 8. The van der Waals surface area contributed by atoms with Crippen LogP contribution in [0.3, 0.4) is 0 Å². The van der Waals surface area contributed by atoms with Crippen LogP contribution in [0.4, 0.5) is 0 Å². The van der Waals surface area contributed by atoms with Gasteiger partial charge in [0.1, 0.15) is 5.75 Å². The van der Waals surface area contributed by atoms with Crippen LogP contribution in [0.1, 0.15) is 30.9 Å². The van der Waals surface area contributed by atoms with Crippen LogP contribution < -0.4 is 15.8 Å². The van der Waals surface area contributed by atoms with Crippen molar-refractivity contribution in [3.8, 4) is 5.75 Å². The fourth-order valence-electron chi connectivity index (χ4n) is 1.94. The van der Waals surface area contributed by atoms with Crippen LogP contribution in [-0.4, -0.2) is 25.6 Å². The second-order valence-corrected chi connectivity index (χ2v) is 5.66. The molecule has 20 heavy (non-hydrogen) atoms. The van der Waals surface area contributed by atoms with Gasteiger partial charge in [-0.05, 0) is 49.6 Å². The zero-order valence-electron chi connectivity index (χ0n) is 12.2. The Morgan fingerprint density at radius 3 is 2.85 bits per heavy atom. The summed E-state index contributed by atoms with van der Waals surface area (Å²) in [5.74, 6) is 0.684. The summed E-state index contributed by atoms with van der Waals surface area (Å²) in [5.41, 5.74) is 7.65. The highest BCUT2D eigenvalue weighted by molar-refractivity contribution is 9.10. The molecule has 3 N–H and O–H groups in total. The average Bonchev–Trinajstić information content (AvgIpc) is 2.38. The van der Waals surface area contributed by atoms with E-state index in [2.05, 4.69) is 28.2 Å². The lowest BCUT2D eigenvalue weighted by Gasteiger charge is -2.14. The number of carbonyl (C=O) groups excluding carboxylic acids is 1. The molecule has 1 rings (SSSR count). The van der Waals surface area contributed by atoms with E-state index in [1.165, 1.54) is 0 Å². The molecule has 1 aromatic carbocycles. The van der Waals surface area contributed by atoms with Gasteiger partial charge in [-0.1, -0.05) is 29.3 Å². The average molecular weight is 343 g/mol. The maximum Gasteiger partial charge on any atom is 0.257 e. The highest BCUT2D eigenvalue weighted by Crippen LogP contribution is 2.28. The molecule has 0 aromatic heterocycles. The Labute approximate surface area is 129 Å². The molecule has 0 spiro atoms. The number of carbonyl (C=O) groups is 1. The molecule has 112 valence electrons. The van der Waals surface area contributed by atoms with E-state index < -0.39 is 0 Å². The molecule has 0 saturated heterocycles. The first-order valence-electron chi connectivity index (χ1n) is 6.97. The van der Waals surface area contributed by atoms with Crippen LogP contribution in [-0.2, 0) is 11.2 Å². The smallest absolute Gasteiger partial charge is 0.257 e. The number of nitrogens with two attached hydrogens (primary N) is 1. The van der Waals surface area contributed by atoms with Gasteiger partial charge in [0.05, 0.1) is 0 Å². The largest absolute Gasteiger partial charge is 0.483 e. The summed E-state index contributed by atoms with van der Waals surface area (Å²) in [6.07, 6.45) is 2.78. The molecule has 5 heteroatoms. The molecular formula is C15H23BrN2O2. The molecule has 0 heterocycles. The molecule has 0 aliphatic rings. The Bertz CT molecular complexity index is 450. The van der Waals surface area contributed by atoms with Crippen molar-refractivity contribution in [2.75, 3.05) is 19.7 Å². The molecule has 0 radical (unpaired) electrons. The van der Waals surface area contributed by atoms with Crippen LogP contribution in [0.5, 0.6) is 5.75 Å². The third kappa shape index (κ3) is 5.51. The van der Waals surface area contributed by atoms with Gasteiger partial charge in [0.15, 0.2) is 6.61 Å². The molecule has 1 aromatic rings. The summed E-state index contributed by atoms with van der Waals surface area (Å²) in [6.45, 7) is 5.36. The van der Waals surface area contributed by atoms with E-state index in [0.29, 0.717) is 13.1 Å². The van der Waals surface area contributed by atoms with E-state index in [1.807, 2.05) is 19.1 Å². The summed E-state index contributed by atoms with van der Waals surface area (Å²) >= 11 is 3.46. The van der Waals surface area contributed by atoms with E-state index in [0.717, 1.165) is 40.6 Å². The number of hydrogen-bond donors (Lipinski definition) is 2. The van der Waals surface area contributed by atoms with Gasteiger partial charge in [-0.2, -0.15) is 0 Å². The lowest BCUT2D eigenvalue weighted by molar-refractivity contribution is -0.123. The van der Waals surface area contributed by atoms with Gasteiger partial charge in [0, 0.05) is 11.0 Å². The van der Waals surface area contributed by atoms with E-state index in [-0.39, 0.29) is 12.5 Å². The number of ether oxygens (including phenoxy) is 1. The molecule has 0 aliphatic carbocycles. The summed E-state index contributed by atoms with van der Waals surface area (Å²) in [5, 5.41) is 2.84. The topological polar surface area (TPSA) is 64.3 Å². The number of aryl methyl sites for hydroxylation is 1. The van der Waals surface area contributed by atoms with Gasteiger partial charge in [-0.15, -0.1) is 0 Å². The third-order valence-electron chi connectivity index (χ3n) is 2.93. The monoisotopic (exact) mass is 342 g/mol. The van der Waals surface area contributed by atoms with Crippen molar-refractivity contribution in [2.24, 2.45) is 5.73 Å². The number of halogens is 1. The molecule has 0 aliphatic heterocycles. The van der Waals surface area contributed by atoms with E-state index in [9.17, 15) is 4.79 Å². The minimum absolute atomic E-state index is 0.0454.